The van der Waals surface area contributed by atoms with Gasteiger partial charge in [0.1, 0.15) is 5.60 Å². The quantitative estimate of drug-likeness (QED) is 0.786. The van der Waals surface area contributed by atoms with Crippen molar-refractivity contribution in [3.63, 3.8) is 0 Å². The molecule has 1 aliphatic heterocycles. The molecular weight excluding hydrogens is 347 g/mol. The SMILES string of the molecule is CC(C)(C)OC(=O)N1CC2CC2CC1C=Cc1ccnc(C(F)(F)F)n1. The number of halogens is 3. The molecule has 1 aromatic rings. The molecular formula is C18H22F3N3O2. The van der Waals surface area contributed by atoms with Gasteiger partial charge in [0.2, 0.25) is 5.82 Å². The highest BCUT2D eigenvalue weighted by molar-refractivity contribution is 5.69. The zero-order chi connectivity index (χ0) is 19.1. The largest absolute Gasteiger partial charge is 0.451 e. The van der Waals surface area contributed by atoms with E-state index in [1.165, 1.54) is 12.1 Å². The van der Waals surface area contributed by atoms with Gasteiger partial charge in [-0.15, -0.1) is 0 Å². The lowest BCUT2D eigenvalue weighted by Gasteiger charge is -2.35. The Bertz CT molecular complexity index is 712. The third-order valence-corrected chi connectivity index (χ3v) is 4.49. The van der Waals surface area contributed by atoms with E-state index in [0.717, 1.165) is 19.0 Å². The maximum absolute atomic E-state index is 12.7. The first-order valence-corrected chi connectivity index (χ1v) is 8.61. The van der Waals surface area contributed by atoms with Crippen LogP contribution in [0.1, 0.15) is 45.1 Å². The fourth-order valence-electron chi connectivity index (χ4n) is 3.17. The van der Waals surface area contributed by atoms with E-state index in [1.807, 2.05) is 0 Å². The molecule has 1 aliphatic carbocycles. The lowest BCUT2D eigenvalue weighted by atomic mass is 10.0. The number of aromatic nitrogens is 2. The fraction of sp³-hybridized carbons (Fsp3) is 0.611. The van der Waals surface area contributed by atoms with Crippen molar-refractivity contribution in [3.8, 4) is 0 Å². The number of rotatable bonds is 2. The molecule has 0 bridgehead atoms. The van der Waals surface area contributed by atoms with Crippen molar-refractivity contribution in [3.05, 3.63) is 29.9 Å². The van der Waals surface area contributed by atoms with Gasteiger partial charge >= 0.3 is 12.3 Å². The predicted molar refractivity (Wildman–Crippen MR) is 89.0 cm³/mol. The third kappa shape index (κ3) is 4.53. The monoisotopic (exact) mass is 369 g/mol. The molecule has 26 heavy (non-hydrogen) atoms. The van der Waals surface area contributed by atoms with E-state index in [2.05, 4.69) is 9.97 Å². The summed E-state index contributed by atoms with van der Waals surface area (Å²) in [6, 6.07) is 1.20. The summed E-state index contributed by atoms with van der Waals surface area (Å²) in [5.74, 6) is -0.0999. The van der Waals surface area contributed by atoms with E-state index in [1.54, 1.807) is 31.7 Å². The Morgan fingerprint density at radius 2 is 2.00 bits per heavy atom. The van der Waals surface area contributed by atoms with E-state index >= 15 is 0 Å². The predicted octanol–water partition coefficient (Wildman–Crippen LogP) is 4.15. The fourth-order valence-corrected chi connectivity index (χ4v) is 3.17. The summed E-state index contributed by atoms with van der Waals surface area (Å²) in [5, 5.41) is 0. The Hall–Kier alpha value is -2.12. The molecule has 3 atom stereocenters. The molecule has 0 radical (unpaired) electrons. The second kappa shape index (κ2) is 6.55. The van der Waals surface area contributed by atoms with Crippen LogP contribution in [0, 0.1) is 11.8 Å². The summed E-state index contributed by atoms with van der Waals surface area (Å²) in [6.45, 7) is 6.03. The Balaban J connectivity index is 1.75. The molecule has 3 unspecified atom stereocenters. The van der Waals surface area contributed by atoms with Gasteiger partial charge in [-0.05, 0) is 57.6 Å². The molecule has 1 amide bonds. The lowest BCUT2D eigenvalue weighted by Crippen LogP contribution is -2.46. The first kappa shape index (κ1) is 18.7. The Labute approximate surface area is 150 Å². The summed E-state index contributed by atoms with van der Waals surface area (Å²) in [7, 11) is 0. The van der Waals surface area contributed by atoms with Crippen molar-refractivity contribution in [2.45, 2.75) is 51.4 Å². The van der Waals surface area contributed by atoms with Gasteiger partial charge in [0.15, 0.2) is 0 Å². The number of fused-ring (bicyclic) bond motifs is 1. The molecule has 2 heterocycles. The average Bonchev–Trinajstić information content (AvgIpc) is 3.28. The van der Waals surface area contributed by atoms with Crippen LogP contribution < -0.4 is 0 Å². The first-order chi connectivity index (χ1) is 12.0. The van der Waals surface area contributed by atoms with Crippen LogP contribution in [-0.2, 0) is 10.9 Å². The number of ether oxygens (including phenoxy) is 1. The van der Waals surface area contributed by atoms with Gasteiger partial charge < -0.3 is 9.64 Å². The lowest BCUT2D eigenvalue weighted by molar-refractivity contribution is -0.145. The maximum Gasteiger partial charge on any atom is 0.451 e. The topological polar surface area (TPSA) is 55.3 Å². The number of carbonyl (C=O) groups excluding carboxylic acids is 1. The van der Waals surface area contributed by atoms with Crippen molar-refractivity contribution in [1.82, 2.24) is 14.9 Å². The normalized spacial score (nSPS) is 25.9. The molecule has 0 aromatic carbocycles. The highest BCUT2D eigenvalue weighted by Crippen LogP contribution is 2.47. The zero-order valence-electron chi connectivity index (χ0n) is 15.0. The third-order valence-electron chi connectivity index (χ3n) is 4.49. The van der Waals surface area contributed by atoms with Gasteiger partial charge in [-0.25, -0.2) is 14.8 Å². The van der Waals surface area contributed by atoms with Gasteiger partial charge in [0, 0.05) is 12.7 Å². The molecule has 1 saturated carbocycles. The highest BCUT2D eigenvalue weighted by atomic mass is 19.4. The second-order valence-corrected chi connectivity index (χ2v) is 7.85. The summed E-state index contributed by atoms with van der Waals surface area (Å²) in [6.07, 6.45) is 1.23. The molecule has 0 spiro atoms. The van der Waals surface area contributed by atoms with Crippen LogP contribution in [0.4, 0.5) is 18.0 Å². The Morgan fingerprint density at radius 3 is 2.65 bits per heavy atom. The van der Waals surface area contributed by atoms with E-state index < -0.39 is 23.7 Å². The smallest absolute Gasteiger partial charge is 0.444 e. The summed E-state index contributed by atoms with van der Waals surface area (Å²) in [5.41, 5.74) is -0.436. The van der Waals surface area contributed by atoms with E-state index in [4.69, 9.17) is 4.74 Å². The molecule has 2 aliphatic rings. The number of nitrogens with zero attached hydrogens (tertiary/aromatic N) is 3. The van der Waals surface area contributed by atoms with Gasteiger partial charge in [0.05, 0.1) is 11.7 Å². The number of piperidine rings is 1. The van der Waals surface area contributed by atoms with Crippen LogP contribution in [0.5, 0.6) is 0 Å². The van der Waals surface area contributed by atoms with Crippen molar-refractivity contribution < 1.29 is 22.7 Å². The summed E-state index contributed by atoms with van der Waals surface area (Å²) in [4.78, 5) is 20.9. The minimum atomic E-state index is -4.58. The van der Waals surface area contributed by atoms with Gasteiger partial charge in [-0.1, -0.05) is 6.08 Å². The van der Waals surface area contributed by atoms with Crippen LogP contribution in [0.15, 0.2) is 18.3 Å². The van der Waals surface area contributed by atoms with Crippen molar-refractivity contribution in [2.24, 2.45) is 11.8 Å². The zero-order valence-corrected chi connectivity index (χ0v) is 15.0. The molecule has 1 aromatic heterocycles. The van der Waals surface area contributed by atoms with Crippen LogP contribution >= 0.6 is 0 Å². The van der Waals surface area contributed by atoms with E-state index in [9.17, 15) is 18.0 Å². The molecule has 8 heteroatoms. The van der Waals surface area contributed by atoms with Crippen molar-refractivity contribution in [2.75, 3.05) is 6.54 Å². The van der Waals surface area contributed by atoms with E-state index in [-0.39, 0.29) is 11.7 Å². The average molecular weight is 369 g/mol. The molecule has 5 nitrogen and oxygen atoms in total. The van der Waals surface area contributed by atoms with Gasteiger partial charge in [-0.3, -0.25) is 0 Å². The molecule has 142 valence electrons. The van der Waals surface area contributed by atoms with Crippen LogP contribution in [0.2, 0.25) is 0 Å². The number of hydrogen-bond acceptors (Lipinski definition) is 4. The van der Waals surface area contributed by atoms with E-state index in [0.29, 0.717) is 18.4 Å². The Kier molecular flexibility index (Phi) is 4.71. The minimum Gasteiger partial charge on any atom is -0.444 e. The van der Waals surface area contributed by atoms with Gasteiger partial charge in [0.25, 0.3) is 0 Å². The number of carbonyl (C=O) groups is 1. The number of amides is 1. The number of hydrogen-bond donors (Lipinski definition) is 0. The van der Waals surface area contributed by atoms with Crippen LogP contribution in [0.3, 0.4) is 0 Å². The molecule has 2 fully saturated rings. The summed E-state index contributed by atoms with van der Waals surface area (Å²) < 4.78 is 43.6. The Morgan fingerprint density at radius 1 is 1.27 bits per heavy atom. The number of alkyl halides is 3. The van der Waals surface area contributed by atoms with Crippen LogP contribution in [0.25, 0.3) is 6.08 Å². The van der Waals surface area contributed by atoms with Gasteiger partial charge in [-0.2, -0.15) is 13.2 Å². The second-order valence-electron chi connectivity index (χ2n) is 7.85. The van der Waals surface area contributed by atoms with Crippen LogP contribution in [-0.4, -0.2) is 39.1 Å². The summed E-state index contributed by atoms with van der Waals surface area (Å²) >= 11 is 0. The first-order valence-electron chi connectivity index (χ1n) is 8.61. The molecule has 1 saturated heterocycles. The molecule has 0 N–H and O–H groups in total. The van der Waals surface area contributed by atoms with Crippen molar-refractivity contribution in [1.29, 1.82) is 0 Å². The highest BCUT2D eigenvalue weighted by Gasteiger charge is 2.47. The molecule has 3 rings (SSSR count). The minimum absolute atomic E-state index is 0.161. The standard InChI is InChI=1S/C18H22F3N3O2/c1-17(2,3)26-16(25)24-10-12-8-11(12)9-14(24)5-4-13-6-7-22-15(23-13)18(19,20)21/h4-7,11-12,14H,8-10H2,1-3H3. The van der Waals surface area contributed by atoms with Crippen molar-refractivity contribution >= 4 is 12.2 Å². The number of likely N-dealkylation sites (tertiary alicyclic amines) is 1. The maximum atomic E-state index is 12.7.